The third kappa shape index (κ3) is 3.05. The number of furan rings is 1. The van der Waals surface area contributed by atoms with Gasteiger partial charge in [0, 0.05) is 16.8 Å². The van der Waals surface area contributed by atoms with Gasteiger partial charge in [0.2, 0.25) is 5.69 Å². The van der Waals surface area contributed by atoms with Crippen LogP contribution in [0.15, 0.2) is 59.1 Å². The van der Waals surface area contributed by atoms with Crippen molar-refractivity contribution in [2.45, 2.75) is 45.4 Å². The molecule has 0 N–H and O–H groups in total. The fraction of sp³-hybridized carbons (Fsp3) is 0.267. The van der Waals surface area contributed by atoms with Crippen molar-refractivity contribution < 1.29 is 8.98 Å². The molecule has 1 aliphatic carbocycles. The van der Waals surface area contributed by atoms with Crippen molar-refractivity contribution >= 4 is 32.7 Å². The Kier molecular flexibility index (Phi) is 4.52. The van der Waals surface area contributed by atoms with Gasteiger partial charge in [-0.1, -0.05) is 25.0 Å². The number of aryl methyl sites for hydroxylation is 2. The van der Waals surface area contributed by atoms with Gasteiger partial charge in [0.05, 0.1) is 22.6 Å². The second kappa shape index (κ2) is 7.46. The number of hydrogen-bond donors (Lipinski definition) is 0. The third-order valence-corrected chi connectivity index (χ3v) is 7.63. The van der Waals surface area contributed by atoms with Gasteiger partial charge in [-0.05, 0) is 85.0 Å². The monoisotopic (exact) mass is 431 g/mol. The van der Waals surface area contributed by atoms with Crippen LogP contribution < -0.4 is 4.57 Å². The minimum atomic E-state index is 0.653. The predicted molar refractivity (Wildman–Crippen MR) is 133 cm³/mol. The quantitative estimate of drug-likeness (QED) is 0.274. The van der Waals surface area contributed by atoms with Crippen molar-refractivity contribution in [2.24, 2.45) is 7.05 Å². The molecule has 3 heteroatoms. The summed E-state index contributed by atoms with van der Waals surface area (Å²) >= 11 is 0. The molecule has 0 bridgehead atoms. The summed E-state index contributed by atoms with van der Waals surface area (Å²) in [6.07, 6.45) is 7.47. The van der Waals surface area contributed by atoms with Crippen LogP contribution in [0.1, 0.15) is 53.9 Å². The lowest BCUT2D eigenvalue weighted by Crippen LogP contribution is -2.31. The number of hydrogen-bond acceptors (Lipinski definition) is 2. The minimum absolute atomic E-state index is 0.653. The first-order valence-electron chi connectivity index (χ1n) is 11.8. The smallest absolute Gasteiger partial charge is 0.224 e. The Morgan fingerprint density at radius 3 is 2.55 bits per heavy atom. The van der Waals surface area contributed by atoms with Crippen LogP contribution in [0.4, 0.5) is 0 Å². The number of nitrogens with zero attached hydrogens (tertiary/aromatic N) is 2. The maximum Gasteiger partial charge on any atom is 0.224 e. The molecule has 1 saturated carbocycles. The van der Waals surface area contributed by atoms with Gasteiger partial charge in [-0.15, -0.1) is 0 Å². The molecule has 6 rings (SSSR count). The van der Waals surface area contributed by atoms with Crippen molar-refractivity contribution in [2.75, 3.05) is 0 Å². The third-order valence-electron chi connectivity index (χ3n) is 7.63. The Labute approximate surface area is 193 Å². The molecule has 3 aromatic carbocycles. The zero-order chi connectivity index (χ0) is 22.7. The first kappa shape index (κ1) is 20.0. The number of pyridine rings is 1. The van der Waals surface area contributed by atoms with Crippen LogP contribution in [0, 0.1) is 25.2 Å². The number of rotatable bonds is 2. The predicted octanol–water partition coefficient (Wildman–Crippen LogP) is 7.38. The van der Waals surface area contributed by atoms with Crippen LogP contribution in [0.3, 0.4) is 0 Å². The first-order chi connectivity index (χ1) is 16.0. The van der Waals surface area contributed by atoms with Gasteiger partial charge >= 0.3 is 0 Å². The largest absolute Gasteiger partial charge is 0.455 e. The van der Waals surface area contributed by atoms with E-state index in [2.05, 4.69) is 68.1 Å². The highest BCUT2D eigenvalue weighted by atomic mass is 16.3. The molecule has 3 nitrogen and oxygen atoms in total. The first-order valence-corrected chi connectivity index (χ1v) is 11.8. The lowest BCUT2D eigenvalue weighted by atomic mass is 9.91. The summed E-state index contributed by atoms with van der Waals surface area (Å²) < 4.78 is 8.67. The average molecular weight is 432 g/mol. The van der Waals surface area contributed by atoms with Crippen molar-refractivity contribution in [1.29, 1.82) is 5.26 Å². The maximum atomic E-state index is 9.41. The molecule has 5 aromatic rings. The Morgan fingerprint density at radius 2 is 1.76 bits per heavy atom. The van der Waals surface area contributed by atoms with Crippen molar-refractivity contribution in [3.05, 3.63) is 77.0 Å². The maximum absolute atomic E-state index is 9.41. The molecule has 0 unspecified atom stereocenters. The van der Waals surface area contributed by atoms with E-state index in [0.29, 0.717) is 11.5 Å². The molecular formula is C30H27N2O+. The van der Waals surface area contributed by atoms with Crippen molar-refractivity contribution in [1.82, 2.24) is 0 Å². The summed E-state index contributed by atoms with van der Waals surface area (Å²) in [6, 6.07) is 19.4. The Morgan fingerprint density at radius 1 is 0.939 bits per heavy atom. The molecule has 162 valence electrons. The molecule has 33 heavy (non-hydrogen) atoms. The van der Waals surface area contributed by atoms with E-state index in [9.17, 15) is 5.26 Å². The number of aromatic nitrogens is 1. The zero-order valence-corrected chi connectivity index (χ0v) is 19.4. The van der Waals surface area contributed by atoms with Gasteiger partial charge < -0.3 is 4.42 Å². The van der Waals surface area contributed by atoms with Gasteiger partial charge in [0.25, 0.3) is 0 Å². The highest BCUT2D eigenvalue weighted by Gasteiger charge is 2.25. The van der Waals surface area contributed by atoms with E-state index in [1.54, 1.807) is 0 Å². The van der Waals surface area contributed by atoms with Gasteiger partial charge in [-0.3, -0.25) is 0 Å². The van der Waals surface area contributed by atoms with E-state index in [1.165, 1.54) is 58.8 Å². The molecule has 1 aliphatic rings. The van der Waals surface area contributed by atoms with Crippen LogP contribution >= 0.6 is 0 Å². The SMILES string of the molecule is Cc1cc2c(oc3ccc(C#N)cc32)c(-c2c3ccc(C4CCCC4)cc3cc[n+]2C)c1C. The van der Waals surface area contributed by atoms with E-state index in [1.807, 2.05) is 18.2 Å². The van der Waals surface area contributed by atoms with E-state index >= 15 is 0 Å². The topological polar surface area (TPSA) is 40.8 Å². The second-order valence-electron chi connectivity index (χ2n) is 9.60. The molecule has 1 fully saturated rings. The molecule has 0 radical (unpaired) electrons. The van der Waals surface area contributed by atoms with Crippen LogP contribution in [0.5, 0.6) is 0 Å². The van der Waals surface area contributed by atoms with E-state index < -0.39 is 0 Å². The molecule has 0 amide bonds. The van der Waals surface area contributed by atoms with E-state index in [0.717, 1.165) is 27.5 Å². The number of fused-ring (bicyclic) bond motifs is 4. The zero-order valence-electron chi connectivity index (χ0n) is 19.4. The molecule has 2 heterocycles. The molecule has 0 spiro atoms. The van der Waals surface area contributed by atoms with Crippen molar-refractivity contribution in [3.8, 4) is 17.3 Å². The molecular weight excluding hydrogens is 404 g/mol. The lowest BCUT2D eigenvalue weighted by Gasteiger charge is -2.13. The normalized spacial score (nSPS) is 14.5. The molecule has 0 atom stereocenters. The highest BCUT2D eigenvalue weighted by Crippen LogP contribution is 2.41. The van der Waals surface area contributed by atoms with E-state index in [-0.39, 0.29) is 0 Å². The second-order valence-corrected chi connectivity index (χ2v) is 9.60. The summed E-state index contributed by atoms with van der Waals surface area (Å²) in [6.45, 7) is 4.35. The number of benzene rings is 3. The Balaban J connectivity index is 1.67. The fourth-order valence-corrected chi connectivity index (χ4v) is 5.71. The summed E-state index contributed by atoms with van der Waals surface area (Å²) in [7, 11) is 2.11. The lowest BCUT2D eigenvalue weighted by molar-refractivity contribution is -0.659. The fourth-order valence-electron chi connectivity index (χ4n) is 5.71. The van der Waals surface area contributed by atoms with Crippen LogP contribution in [-0.2, 0) is 7.05 Å². The Hall–Kier alpha value is -3.64. The van der Waals surface area contributed by atoms with Gasteiger partial charge in [-0.2, -0.15) is 5.26 Å². The van der Waals surface area contributed by atoms with E-state index in [4.69, 9.17) is 4.42 Å². The molecule has 0 saturated heterocycles. The standard InChI is InChI=1S/C30H27N2O/c1-18-14-26-25-15-20(17-31)8-11-27(25)33-30(26)28(19(18)2)29-24-10-9-22(21-6-4-5-7-21)16-23(24)12-13-32(29)3/h8-16,21H,4-7H2,1-3H3/q+1. The molecule has 0 aliphatic heterocycles. The summed E-state index contributed by atoms with van der Waals surface area (Å²) in [4.78, 5) is 0. The van der Waals surface area contributed by atoms with Crippen molar-refractivity contribution in [3.63, 3.8) is 0 Å². The minimum Gasteiger partial charge on any atom is -0.455 e. The van der Waals surface area contributed by atoms with Gasteiger partial charge in [0.1, 0.15) is 18.2 Å². The number of nitriles is 1. The summed E-state index contributed by atoms with van der Waals surface area (Å²) in [5.41, 5.74) is 8.61. The summed E-state index contributed by atoms with van der Waals surface area (Å²) in [5.74, 6) is 0.698. The van der Waals surface area contributed by atoms with Gasteiger partial charge in [0.15, 0.2) is 6.20 Å². The van der Waals surface area contributed by atoms with Crippen LogP contribution in [-0.4, -0.2) is 0 Å². The molecule has 2 aromatic heterocycles. The Bertz CT molecular complexity index is 1610. The van der Waals surface area contributed by atoms with Gasteiger partial charge in [-0.25, -0.2) is 4.57 Å². The van der Waals surface area contributed by atoms with Crippen LogP contribution in [0.25, 0.3) is 44.0 Å². The highest BCUT2D eigenvalue weighted by molar-refractivity contribution is 6.12. The average Bonchev–Trinajstić information content (AvgIpc) is 3.48. The van der Waals surface area contributed by atoms with Crippen LogP contribution in [0.2, 0.25) is 0 Å². The summed E-state index contributed by atoms with van der Waals surface area (Å²) in [5, 5.41) is 14.0.